The van der Waals surface area contributed by atoms with Gasteiger partial charge in [0.2, 0.25) is 0 Å². The van der Waals surface area contributed by atoms with Crippen LogP contribution in [-0.2, 0) is 0 Å². The summed E-state index contributed by atoms with van der Waals surface area (Å²) in [6.07, 6.45) is 2.96. The first kappa shape index (κ1) is 20.5. The summed E-state index contributed by atoms with van der Waals surface area (Å²) in [5.74, 6) is 1.82. The summed E-state index contributed by atoms with van der Waals surface area (Å²) in [6.45, 7) is 4.00. The van der Waals surface area contributed by atoms with Gasteiger partial charge in [-0.05, 0) is 42.7 Å². The third-order valence-electron chi connectivity index (χ3n) is 4.28. The Kier molecular flexibility index (Phi) is 7.41. The molecule has 1 unspecified atom stereocenters. The average Bonchev–Trinajstić information content (AvgIpc) is 2.67. The van der Waals surface area contributed by atoms with Gasteiger partial charge in [0.05, 0.1) is 19.8 Å². The number of nitrogens with one attached hydrogen (secondary N) is 1. The number of ether oxygens (including phenoxy) is 3. The number of rotatable bonds is 10. The monoisotopic (exact) mass is 369 g/mol. The smallest absolute Gasteiger partial charge is 0.154 e. The molecule has 144 valence electrons. The van der Waals surface area contributed by atoms with E-state index in [1.54, 1.807) is 13.2 Å². The summed E-state index contributed by atoms with van der Waals surface area (Å²) in [6, 6.07) is 11.0. The van der Waals surface area contributed by atoms with Crippen LogP contribution in [0.15, 0.2) is 36.4 Å². The second kappa shape index (κ2) is 9.76. The summed E-state index contributed by atoms with van der Waals surface area (Å²) >= 11 is 0. The fourth-order valence-electron chi connectivity index (χ4n) is 2.99. The molecule has 0 spiro atoms. The second-order valence-electron chi connectivity index (χ2n) is 6.42. The lowest BCUT2D eigenvalue weighted by Gasteiger charge is -2.18. The predicted molar refractivity (Wildman–Crippen MR) is 108 cm³/mol. The molecule has 1 N–H and O–H groups in total. The van der Waals surface area contributed by atoms with Gasteiger partial charge in [-0.25, -0.2) is 0 Å². The number of benzene rings is 2. The van der Waals surface area contributed by atoms with Crippen LogP contribution in [0, 0.1) is 5.41 Å². The normalized spacial score (nSPS) is 11.6. The van der Waals surface area contributed by atoms with Crippen molar-refractivity contribution in [2.24, 2.45) is 0 Å². The Labute approximate surface area is 160 Å². The Morgan fingerprint density at radius 1 is 1.11 bits per heavy atom. The van der Waals surface area contributed by atoms with E-state index in [9.17, 15) is 4.79 Å². The van der Waals surface area contributed by atoms with Crippen LogP contribution in [0.4, 0.5) is 0 Å². The van der Waals surface area contributed by atoms with Crippen molar-refractivity contribution in [1.29, 1.82) is 5.41 Å². The van der Waals surface area contributed by atoms with Gasteiger partial charge in [0, 0.05) is 18.2 Å². The molecule has 0 aliphatic rings. The van der Waals surface area contributed by atoms with Gasteiger partial charge in [0.25, 0.3) is 0 Å². The van der Waals surface area contributed by atoms with E-state index in [-0.39, 0.29) is 6.10 Å². The number of carbonyl (C=O) groups excluding carboxylic acids is 1. The first-order chi connectivity index (χ1) is 13.0. The minimum Gasteiger partial charge on any atom is -0.497 e. The number of carbonyl (C=O) groups is 1. The lowest BCUT2D eigenvalue weighted by molar-refractivity contribution is 0.112. The van der Waals surface area contributed by atoms with Crippen LogP contribution < -0.4 is 14.2 Å². The maximum atomic E-state index is 11.7. The number of aldehydes is 1. The zero-order valence-electron chi connectivity index (χ0n) is 16.4. The van der Waals surface area contributed by atoms with Crippen molar-refractivity contribution >= 4 is 12.0 Å². The van der Waals surface area contributed by atoms with Gasteiger partial charge in [-0.15, -0.1) is 0 Å². The van der Waals surface area contributed by atoms with Gasteiger partial charge in [0.15, 0.2) is 6.29 Å². The SMILES string of the molecule is CCCC(=N)CC(C)Oc1cc(OC)c(C=O)c(-c2ccc(OC)cc2)c1. The van der Waals surface area contributed by atoms with Crippen LogP contribution in [0.1, 0.15) is 43.5 Å². The zero-order valence-corrected chi connectivity index (χ0v) is 16.4. The highest BCUT2D eigenvalue weighted by Crippen LogP contribution is 2.35. The highest BCUT2D eigenvalue weighted by atomic mass is 16.5. The number of hydrogen-bond acceptors (Lipinski definition) is 5. The van der Waals surface area contributed by atoms with Gasteiger partial charge in [-0.3, -0.25) is 4.79 Å². The lowest BCUT2D eigenvalue weighted by atomic mass is 9.99. The molecule has 5 heteroatoms. The van der Waals surface area contributed by atoms with Crippen LogP contribution in [-0.4, -0.2) is 32.3 Å². The van der Waals surface area contributed by atoms with Crippen molar-refractivity contribution in [3.05, 3.63) is 42.0 Å². The summed E-state index contributed by atoms with van der Waals surface area (Å²) < 4.78 is 16.6. The molecule has 0 fully saturated rings. The van der Waals surface area contributed by atoms with E-state index in [0.29, 0.717) is 29.2 Å². The van der Waals surface area contributed by atoms with Gasteiger partial charge in [-0.2, -0.15) is 0 Å². The second-order valence-corrected chi connectivity index (χ2v) is 6.42. The molecule has 1 atom stereocenters. The van der Waals surface area contributed by atoms with Crippen molar-refractivity contribution in [2.75, 3.05) is 14.2 Å². The van der Waals surface area contributed by atoms with Crippen LogP contribution in [0.25, 0.3) is 11.1 Å². The molecular formula is C22H27NO4. The number of hydrogen-bond donors (Lipinski definition) is 1. The minimum atomic E-state index is -0.139. The average molecular weight is 369 g/mol. The van der Waals surface area contributed by atoms with Gasteiger partial charge >= 0.3 is 0 Å². The predicted octanol–water partition coefficient (Wildman–Crippen LogP) is 5.16. The molecule has 0 saturated carbocycles. The van der Waals surface area contributed by atoms with E-state index in [2.05, 4.69) is 6.92 Å². The number of methoxy groups -OCH3 is 2. The molecule has 2 aromatic carbocycles. The molecule has 0 aromatic heterocycles. The van der Waals surface area contributed by atoms with E-state index < -0.39 is 0 Å². The molecular weight excluding hydrogens is 342 g/mol. The van der Waals surface area contributed by atoms with Crippen molar-refractivity contribution in [2.45, 2.75) is 39.2 Å². The lowest BCUT2D eigenvalue weighted by Crippen LogP contribution is -2.16. The molecule has 2 rings (SSSR count). The summed E-state index contributed by atoms with van der Waals surface area (Å²) in [5.41, 5.74) is 2.75. The molecule has 27 heavy (non-hydrogen) atoms. The first-order valence-corrected chi connectivity index (χ1v) is 9.06. The molecule has 5 nitrogen and oxygen atoms in total. The highest BCUT2D eigenvalue weighted by Gasteiger charge is 2.16. The topological polar surface area (TPSA) is 68.6 Å². The quantitative estimate of drug-likeness (QED) is 0.464. The van der Waals surface area contributed by atoms with Gasteiger partial charge in [-0.1, -0.05) is 25.5 Å². The van der Waals surface area contributed by atoms with E-state index in [0.717, 1.165) is 36.0 Å². The minimum absolute atomic E-state index is 0.139. The zero-order chi connectivity index (χ0) is 19.8. The maximum absolute atomic E-state index is 11.7. The molecule has 0 amide bonds. The Bertz CT molecular complexity index is 784. The van der Waals surface area contributed by atoms with E-state index in [4.69, 9.17) is 19.6 Å². The van der Waals surface area contributed by atoms with E-state index in [1.807, 2.05) is 37.3 Å². The van der Waals surface area contributed by atoms with Gasteiger partial charge in [0.1, 0.15) is 23.4 Å². The van der Waals surface area contributed by atoms with Crippen LogP contribution >= 0.6 is 0 Å². The van der Waals surface area contributed by atoms with E-state index >= 15 is 0 Å². The summed E-state index contributed by atoms with van der Waals surface area (Å²) in [4.78, 5) is 11.7. The maximum Gasteiger partial charge on any atom is 0.154 e. The van der Waals surface area contributed by atoms with Crippen LogP contribution in [0.3, 0.4) is 0 Å². The summed E-state index contributed by atoms with van der Waals surface area (Å²) in [5, 5.41) is 7.98. The molecule has 2 aromatic rings. The largest absolute Gasteiger partial charge is 0.497 e. The van der Waals surface area contributed by atoms with Crippen molar-refractivity contribution < 1.29 is 19.0 Å². The van der Waals surface area contributed by atoms with Crippen molar-refractivity contribution in [1.82, 2.24) is 0 Å². The van der Waals surface area contributed by atoms with Gasteiger partial charge < -0.3 is 19.6 Å². The standard InChI is InChI=1S/C22H27NO4/c1-5-6-17(23)11-15(2)27-19-12-20(21(14-24)22(13-19)26-4)16-7-9-18(25-3)10-8-16/h7-10,12-15,23H,5-6,11H2,1-4H3. The summed E-state index contributed by atoms with van der Waals surface area (Å²) in [7, 11) is 3.14. The molecule has 0 bridgehead atoms. The van der Waals surface area contributed by atoms with Crippen LogP contribution in [0.5, 0.6) is 17.2 Å². The highest BCUT2D eigenvalue weighted by molar-refractivity contribution is 5.92. The molecule has 0 aliphatic carbocycles. The van der Waals surface area contributed by atoms with Crippen LogP contribution in [0.2, 0.25) is 0 Å². The molecule has 0 radical (unpaired) electrons. The molecule has 0 aliphatic heterocycles. The van der Waals surface area contributed by atoms with Crippen molar-refractivity contribution in [3.63, 3.8) is 0 Å². The fraction of sp³-hybridized carbons (Fsp3) is 0.364. The third-order valence-corrected chi connectivity index (χ3v) is 4.28. The Hall–Kier alpha value is -2.82. The first-order valence-electron chi connectivity index (χ1n) is 9.06. The molecule has 0 heterocycles. The van der Waals surface area contributed by atoms with E-state index in [1.165, 1.54) is 7.11 Å². The van der Waals surface area contributed by atoms with Crippen molar-refractivity contribution in [3.8, 4) is 28.4 Å². The third kappa shape index (κ3) is 5.33. The Morgan fingerprint density at radius 3 is 2.37 bits per heavy atom. The fourth-order valence-corrected chi connectivity index (χ4v) is 2.99. The Morgan fingerprint density at radius 2 is 1.81 bits per heavy atom. The Balaban J connectivity index is 2.36. The molecule has 0 saturated heterocycles.